The number of amides is 1. The molecule has 4 aliphatic carbocycles. The third-order valence-electron chi connectivity index (χ3n) is 6.17. The van der Waals surface area contributed by atoms with Gasteiger partial charge in [0.15, 0.2) is 0 Å². The normalized spacial score (nSPS) is 38.2. The predicted molar refractivity (Wildman–Crippen MR) is 96.8 cm³/mol. The first-order valence-electron chi connectivity index (χ1n) is 9.29. The molecule has 4 saturated carbocycles. The maximum Gasteiger partial charge on any atom is 0.328 e. The van der Waals surface area contributed by atoms with Crippen molar-refractivity contribution in [2.75, 3.05) is 7.11 Å². The van der Waals surface area contributed by atoms with Gasteiger partial charge in [0.2, 0.25) is 5.91 Å². The minimum Gasteiger partial charge on any atom is -0.467 e. The van der Waals surface area contributed by atoms with E-state index in [4.69, 9.17) is 4.74 Å². The van der Waals surface area contributed by atoms with E-state index < -0.39 is 6.04 Å². The van der Waals surface area contributed by atoms with Crippen LogP contribution in [0.15, 0.2) is 0 Å². The van der Waals surface area contributed by atoms with Crippen molar-refractivity contribution < 1.29 is 14.3 Å². The highest BCUT2D eigenvalue weighted by Crippen LogP contribution is 2.65. The Kier molecular flexibility index (Phi) is 5.03. The van der Waals surface area contributed by atoms with E-state index in [2.05, 4.69) is 35.1 Å². The molecule has 3 unspecified atom stereocenters. The Morgan fingerprint density at radius 1 is 1.21 bits per heavy atom. The second-order valence-electron chi connectivity index (χ2n) is 9.06. The molecule has 1 amide bonds. The molecule has 0 aromatic heterocycles. The second-order valence-corrected chi connectivity index (χ2v) is 10.7. The van der Waals surface area contributed by atoms with E-state index in [1.54, 1.807) is 0 Å². The quantitative estimate of drug-likeness (QED) is 0.545. The van der Waals surface area contributed by atoms with Crippen molar-refractivity contribution >= 4 is 27.8 Å². The van der Waals surface area contributed by atoms with Gasteiger partial charge < -0.3 is 10.1 Å². The number of hydrogen-bond acceptors (Lipinski definition) is 3. The van der Waals surface area contributed by atoms with Gasteiger partial charge in [0.25, 0.3) is 0 Å². The minimum atomic E-state index is -0.519. The number of carbonyl (C=O) groups is 2. The lowest BCUT2D eigenvalue weighted by atomic mass is 9.48. The summed E-state index contributed by atoms with van der Waals surface area (Å²) in [6, 6.07) is -0.519. The van der Waals surface area contributed by atoms with Crippen LogP contribution in [0.25, 0.3) is 0 Å². The molecule has 3 atom stereocenters. The molecule has 24 heavy (non-hydrogen) atoms. The molecule has 1 N–H and O–H groups in total. The summed E-state index contributed by atoms with van der Waals surface area (Å²) >= 11 is 3.99. The molecule has 0 spiro atoms. The summed E-state index contributed by atoms with van der Waals surface area (Å²) in [6.07, 6.45) is 8.52. The van der Waals surface area contributed by atoms with Crippen molar-refractivity contribution in [1.29, 1.82) is 0 Å². The third kappa shape index (κ3) is 3.81. The summed E-state index contributed by atoms with van der Waals surface area (Å²) in [5.41, 5.74) is 0.135. The van der Waals surface area contributed by atoms with E-state index in [9.17, 15) is 9.59 Å². The van der Waals surface area contributed by atoms with Crippen molar-refractivity contribution in [3.05, 3.63) is 0 Å². The molecule has 0 radical (unpaired) electrons. The molecular weight excluding hydrogens is 370 g/mol. The van der Waals surface area contributed by atoms with Crippen LogP contribution in [0.3, 0.4) is 0 Å². The number of esters is 1. The smallest absolute Gasteiger partial charge is 0.328 e. The Morgan fingerprint density at radius 2 is 1.83 bits per heavy atom. The molecule has 5 heteroatoms. The van der Waals surface area contributed by atoms with Crippen LogP contribution in [0.4, 0.5) is 0 Å². The van der Waals surface area contributed by atoms with E-state index in [1.807, 2.05) is 0 Å². The second kappa shape index (κ2) is 6.62. The van der Waals surface area contributed by atoms with Gasteiger partial charge in [0.1, 0.15) is 6.04 Å². The predicted octanol–water partition coefficient (Wildman–Crippen LogP) is 3.81. The molecule has 0 aromatic rings. The van der Waals surface area contributed by atoms with Crippen LogP contribution < -0.4 is 5.32 Å². The summed E-state index contributed by atoms with van der Waals surface area (Å²) in [6.45, 7) is 4.10. The van der Waals surface area contributed by atoms with Crippen molar-refractivity contribution in [3.8, 4) is 0 Å². The van der Waals surface area contributed by atoms with Gasteiger partial charge in [-0.25, -0.2) is 4.79 Å². The average Bonchev–Trinajstić information content (AvgIpc) is 2.41. The first kappa shape index (κ1) is 18.2. The van der Waals surface area contributed by atoms with Gasteiger partial charge in [-0.05, 0) is 68.1 Å². The van der Waals surface area contributed by atoms with E-state index >= 15 is 0 Å². The highest BCUT2D eigenvalue weighted by Gasteiger charge is 2.57. The number of ether oxygens (including phenoxy) is 1. The Labute approximate surface area is 153 Å². The van der Waals surface area contributed by atoms with Gasteiger partial charge in [-0.3, -0.25) is 4.79 Å². The molecule has 4 rings (SSSR count). The Balaban J connectivity index is 1.65. The van der Waals surface area contributed by atoms with Crippen LogP contribution in [0.2, 0.25) is 0 Å². The van der Waals surface area contributed by atoms with Crippen molar-refractivity contribution in [2.45, 2.75) is 75.6 Å². The fourth-order valence-corrected chi connectivity index (χ4v) is 7.47. The lowest BCUT2D eigenvalue weighted by Crippen LogP contribution is -2.54. The molecule has 4 nitrogen and oxygen atoms in total. The van der Waals surface area contributed by atoms with E-state index in [0.717, 1.165) is 18.3 Å². The number of nitrogens with one attached hydrogen (secondary N) is 1. The van der Waals surface area contributed by atoms with Gasteiger partial charge in [0.05, 0.1) is 7.11 Å². The van der Waals surface area contributed by atoms with E-state index in [1.165, 1.54) is 39.2 Å². The Morgan fingerprint density at radius 3 is 2.33 bits per heavy atom. The van der Waals surface area contributed by atoms with Crippen LogP contribution in [-0.2, 0) is 14.3 Å². The lowest BCUT2D eigenvalue weighted by molar-refractivity contribution is -0.146. The molecule has 4 aliphatic rings. The third-order valence-corrected chi connectivity index (χ3v) is 7.10. The van der Waals surface area contributed by atoms with Gasteiger partial charge in [-0.1, -0.05) is 29.8 Å². The van der Waals surface area contributed by atoms with Crippen LogP contribution in [0.5, 0.6) is 0 Å². The standard InChI is InChI=1S/C19H30BrNO3/c1-12(2)4-15(17(23)24-3)21-16(22)10-18-6-13-5-14(7-18)9-19(20,8-13)11-18/h12-15H,4-11H2,1-3H3,(H,21,22). The van der Waals surface area contributed by atoms with Crippen molar-refractivity contribution in [3.63, 3.8) is 0 Å². The zero-order valence-corrected chi connectivity index (χ0v) is 16.7. The van der Waals surface area contributed by atoms with Crippen LogP contribution >= 0.6 is 15.9 Å². The number of hydrogen-bond donors (Lipinski definition) is 1. The molecule has 4 bridgehead atoms. The molecule has 0 heterocycles. The molecule has 0 aliphatic heterocycles. The summed E-state index contributed by atoms with van der Waals surface area (Å²) in [7, 11) is 1.38. The highest BCUT2D eigenvalue weighted by molar-refractivity contribution is 9.10. The van der Waals surface area contributed by atoms with E-state index in [-0.39, 0.29) is 21.6 Å². The first-order valence-corrected chi connectivity index (χ1v) is 10.1. The number of halogens is 1. The number of alkyl halides is 1. The maximum atomic E-state index is 12.7. The fraction of sp³-hybridized carbons (Fsp3) is 0.895. The van der Waals surface area contributed by atoms with Gasteiger partial charge in [-0.2, -0.15) is 0 Å². The van der Waals surface area contributed by atoms with Crippen LogP contribution in [-0.4, -0.2) is 29.4 Å². The largest absolute Gasteiger partial charge is 0.467 e. The average molecular weight is 400 g/mol. The summed E-state index contributed by atoms with van der Waals surface area (Å²) in [5, 5.41) is 2.96. The molecule has 0 aromatic carbocycles. The number of carbonyl (C=O) groups excluding carboxylic acids is 2. The van der Waals surface area contributed by atoms with E-state index in [0.29, 0.717) is 18.8 Å². The van der Waals surface area contributed by atoms with Crippen molar-refractivity contribution in [1.82, 2.24) is 5.32 Å². The topological polar surface area (TPSA) is 55.4 Å². The lowest BCUT2D eigenvalue weighted by Gasteiger charge is -2.60. The summed E-state index contributed by atoms with van der Waals surface area (Å²) in [4.78, 5) is 24.7. The zero-order chi connectivity index (χ0) is 17.5. The summed E-state index contributed by atoms with van der Waals surface area (Å²) < 4.78 is 5.12. The molecular formula is C19H30BrNO3. The molecule has 4 fully saturated rings. The Bertz CT molecular complexity index is 505. The van der Waals surface area contributed by atoms with Crippen LogP contribution in [0.1, 0.15) is 65.2 Å². The first-order chi connectivity index (χ1) is 11.2. The van der Waals surface area contributed by atoms with Crippen LogP contribution in [0, 0.1) is 23.2 Å². The monoisotopic (exact) mass is 399 g/mol. The molecule has 0 saturated heterocycles. The number of rotatable bonds is 6. The maximum absolute atomic E-state index is 12.7. The van der Waals surface area contributed by atoms with Gasteiger partial charge in [-0.15, -0.1) is 0 Å². The Hall–Kier alpha value is -0.580. The SMILES string of the molecule is COC(=O)C(CC(C)C)NC(=O)CC12CC3CC(CC(Br)(C3)C1)C2. The highest BCUT2D eigenvalue weighted by atomic mass is 79.9. The molecule has 136 valence electrons. The van der Waals surface area contributed by atoms with Gasteiger partial charge >= 0.3 is 5.97 Å². The summed E-state index contributed by atoms with van der Waals surface area (Å²) in [5.74, 6) is 1.55. The zero-order valence-electron chi connectivity index (χ0n) is 15.1. The fourth-order valence-electron chi connectivity index (χ4n) is 5.96. The van der Waals surface area contributed by atoms with Crippen molar-refractivity contribution in [2.24, 2.45) is 23.2 Å². The van der Waals surface area contributed by atoms with Gasteiger partial charge in [0, 0.05) is 10.7 Å². The minimum absolute atomic E-state index is 0.0177. The number of methoxy groups -OCH3 is 1.